The molecule has 2 aromatic rings. The third-order valence-corrected chi connectivity index (χ3v) is 6.47. The van der Waals surface area contributed by atoms with Crippen LogP contribution in [0.3, 0.4) is 0 Å². The van der Waals surface area contributed by atoms with Gasteiger partial charge in [0, 0.05) is 45.1 Å². The van der Waals surface area contributed by atoms with Crippen LogP contribution in [0.1, 0.15) is 16.7 Å². The minimum atomic E-state index is -3.40. The van der Waals surface area contributed by atoms with Gasteiger partial charge in [0.25, 0.3) is 0 Å². The van der Waals surface area contributed by atoms with E-state index in [-0.39, 0.29) is 0 Å². The van der Waals surface area contributed by atoms with Gasteiger partial charge in [-0.15, -0.1) is 0 Å². The number of aryl methyl sites for hydroxylation is 2. The maximum Gasteiger partial charge on any atom is 0.243 e. The average molecular weight is 345 g/mol. The van der Waals surface area contributed by atoms with Crippen molar-refractivity contribution < 1.29 is 8.42 Å². The second-order valence-corrected chi connectivity index (χ2v) is 8.23. The van der Waals surface area contributed by atoms with E-state index < -0.39 is 10.0 Å². The monoisotopic (exact) mass is 345 g/mol. The zero-order chi connectivity index (χ0) is 17.2. The molecule has 6 heteroatoms. The first-order chi connectivity index (χ1) is 11.5. The van der Waals surface area contributed by atoms with Crippen molar-refractivity contribution in [2.24, 2.45) is 0 Å². The number of piperazine rings is 1. The Morgan fingerprint density at radius 2 is 1.79 bits per heavy atom. The zero-order valence-corrected chi connectivity index (χ0v) is 15.0. The van der Waals surface area contributed by atoms with E-state index in [9.17, 15) is 8.42 Å². The molecule has 0 N–H and O–H groups in total. The van der Waals surface area contributed by atoms with Gasteiger partial charge in [0.1, 0.15) is 0 Å². The van der Waals surface area contributed by atoms with Crippen molar-refractivity contribution in [3.05, 3.63) is 59.4 Å². The molecule has 24 heavy (non-hydrogen) atoms. The number of pyridine rings is 1. The predicted octanol–water partition coefficient (Wildman–Crippen LogP) is 2.20. The van der Waals surface area contributed by atoms with Gasteiger partial charge in [-0.3, -0.25) is 9.88 Å². The van der Waals surface area contributed by atoms with Crippen LogP contribution < -0.4 is 0 Å². The van der Waals surface area contributed by atoms with E-state index in [1.54, 1.807) is 22.6 Å². The SMILES string of the molecule is Cc1ccc(S(=O)(=O)N2CCN(Cc3cccnc3)CC2)cc1C. The van der Waals surface area contributed by atoms with E-state index >= 15 is 0 Å². The van der Waals surface area contributed by atoms with Gasteiger partial charge in [0.15, 0.2) is 0 Å². The Morgan fingerprint density at radius 1 is 1.04 bits per heavy atom. The highest BCUT2D eigenvalue weighted by molar-refractivity contribution is 7.89. The Kier molecular flexibility index (Phi) is 4.99. The topological polar surface area (TPSA) is 53.5 Å². The second-order valence-electron chi connectivity index (χ2n) is 6.29. The second kappa shape index (κ2) is 7.01. The van der Waals surface area contributed by atoms with Gasteiger partial charge in [0.2, 0.25) is 10.0 Å². The average Bonchev–Trinajstić information content (AvgIpc) is 2.58. The zero-order valence-electron chi connectivity index (χ0n) is 14.1. The summed E-state index contributed by atoms with van der Waals surface area (Å²) >= 11 is 0. The van der Waals surface area contributed by atoms with E-state index in [1.165, 1.54) is 0 Å². The first-order valence-corrected chi connectivity index (χ1v) is 9.59. The van der Waals surface area contributed by atoms with Crippen LogP contribution in [0, 0.1) is 13.8 Å². The highest BCUT2D eigenvalue weighted by Gasteiger charge is 2.28. The smallest absolute Gasteiger partial charge is 0.243 e. The van der Waals surface area contributed by atoms with E-state index in [2.05, 4.69) is 9.88 Å². The molecule has 1 aliphatic rings. The molecule has 5 nitrogen and oxygen atoms in total. The maximum absolute atomic E-state index is 12.8. The summed E-state index contributed by atoms with van der Waals surface area (Å²) in [5.74, 6) is 0. The van der Waals surface area contributed by atoms with Crippen molar-refractivity contribution >= 4 is 10.0 Å². The molecule has 3 rings (SSSR count). The summed E-state index contributed by atoms with van der Waals surface area (Å²) < 4.78 is 27.2. The highest BCUT2D eigenvalue weighted by atomic mass is 32.2. The van der Waals surface area contributed by atoms with E-state index in [0.29, 0.717) is 18.0 Å². The van der Waals surface area contributed by atoms with Crippen LogP contribution in [-0.2, 0) is 16.6 Å². The van der Waals surface area contributed by atoms with Gasteiger partial charge < -0.3 is 0 Å². The maximum atomic E-state index is 12.8. The molecule has 0 aliphatic carbocycles. The molecule has 0 amide bonds. The Bertz CT molecular complexity index is 798. The molecule has 0 bridgehead atoms. The van der Waals surface area contributed by atoms with E-state index in [1.807, 2.05) is 38.2 Å². The molecule has 2 heterocycles. The first kappa shape index (κ1) is 17.1. The minimum absolute atomic E-state index is 0.395. The van der Waals surface area contributed by atoms with Gasteiger partial charge in [-0.05, 0) is 48.7 Å². The molecule has 1 aliphatic heterocycles. The molecule has 128 valence electrons. The van der Waals surface area contributed by atoms with Gasteiger partial charge in [0.05, 0.1) is 4.90 Å². The van der Waals surface area contributed by atoms with Gasteiger partial charge in [-0.1, -0.05) is 12.1 Å². The van der Waals surface area contributed by atoms with Crippen LogP contribution in [0.5, 0.6) is 0 Å². The number of benzene rings is 1. The van der Waals surface area contributed by atoms with Crippen LogP contribution in [0.4, 0.5) is 0 Å². The molecule has 0 spiro atoms. The summed E-state index contributed by atoms with van der Waals surface area (Å²) in [4.78, 5) is 6.79. The number of hydrogen-bond acceptors (Lipinski definition) is 4. The number of rotatable bonds is 4. The Labute approximate surface area is 144 Å². The van der Waals surface area contributed by atoms with Crippen LogP contribution >= 0.6 is 0 Å². The van der Waals surface area contributed by atoms with Gasteiger partial charge in [-0.2, -0.15) is 4.31 Å². The molecule has 1 aromatic heterocycles. The Morgan fingerprint density at radius 3 is 2.42 bits per heavy atom. The van der Waals surface area contributed by atoms with Crippen LogP contribution in [-0.4, -0.2) is 48.8 Å². The highest BCUT2D eigenvalue weighted by Crippen LogP contribution is 2.20. The number of hydrogen-bond donors (Lipinski definition) is 0. The van der Waals surface area contributed by atoms with Gasteiger partial charge >= 0.3 is 0 Å². The third-order valence-electron chi connectivity index (χ3n) is 4.58. The standard InChI is InChI=1S/C18H23N3O2S/c1-15-5-6-18(12-16(15)2)24(22,23)21-10-8-20(9-11-21)14-17-4-3-7-19-13-17/h3-7,12-13H,8-11,14H2,1-2H3. The summed E-state index contributed by atoms with van der Waals surface area (Å²) in [6.07, 6.45) is 3.62. The van der Waals surface area contributed by atoms with Crippen molar-refractivity contribution in [3.8, 4) is 0 Å². The van der Waals surface area contributed by atoms with Crippen molar-refractivity contribution in [2.75, 3.05) is 26.2 Å². The molecule has 0 atom stereocenters. The lowest BCUT2D eigenvalue weighted by Crippen LogP contribution is -2.48. The number of nitrogens with zero attached hydrogens (tertiary/aromatic N) is 3. The Balaban J connectivity index is 1.66. The molecular formula is C18H23N3O2S. The lowest BCUT2D eigenvalue weighted by atomic mass is 10.1. The minimum Gasteiger partial charge on any atom is -0.296 e. The summed E-state index contributed by atoms with van der Waals surface area (Å²) in [7, 11) is -3.40. The summed E-state index contributed by atoms with van der Waals surface area (Å²) in [6, 6.07) is 9.33. The quantitative estimate of drug-likeness (QED) is 0.852. The molecule has 1 fully saturated rings. The molecule has 1 aromatic carbocycles. The molecule has 0 unspecified atom stereocenters. The van der Waals surface area contributed by atoms with Crippen LogP contribution in [0.2, 0.25) is 0 Å². The number of sulfonamides is 1. The summed E-state index contributed by atoms with van der Waals surface area (Å²) in [5.41, 5.74) is 3.27. The normalized spacial score (nSPS) is 17.1. The molecular weight excluding hydrogens is 322 g/mol. The largest absolute Gasteiger partial charge is 0.296 e. The lowest BCUT2D eigenvalue weighted by molar-refractivity contribution is 0.181. The van der Waals surface area contributed by atoms with E-state index in [4.69, 9.17) is 0 Å². The lowest BCUT2D eigenvalue weighted by Gasteiger charge is -2.34. The fraction of sp³-hybridized carbons (Fsp3) is 0.389. The fourth-order valence-corrected chi connectivity index (χ4v) is 4.41. The summed E-state index contributed by atoms with van der Waals surface area (Å²) in [6.45, 7) is 7.26. The van der Waals surface area contributed by atoms with E-state index in [0.717, 1.165) is 36.3 Å². The van der Waals surface area contributed by atoms with Crippen molar-refractivity contribution in [1.82, 2.24) is 14.2 Å². The first-order valence-electron chi connectivity index (χ1n) is 8.15. The van der Waals surface area contributed by atoms with Gasteiger partial charge in [-0.25, -0.2) is 8.42 Å². The predicted molar refractivity (Wildman–Crippen MR) is 94.2 cm³/mol. The fourth-order valence-electron chi connectivity index (χ4n) is 2.90. The molecule has 0 radical (unpaired) electrons. The summed E-state index contributed by atoms with van der Waals surface area (Å²) in [5, 5.41) is 0. The molecule has 0 saturated carbocycles. The van der Waals surface area contributed by atoms with Crippen molar-refractivity contribution in [3.63, 3.8) is 0 Å². The van der Waals surface area contributed by atoms with Crippen molar-refractivity contribution in [1.29, 1.82) is 0 Å². The molecule has 1 saturated heterocycles. The number of aromatic nitrogens is 1. The van der Waals surface area contributed by atoms with Crippen molar-refractivity contribution in [2.45, 2.75) is 25.3 Å². The van der Waals surface area contributed by atoms with Crippen LogP contribution in [0.15, 0.2) is 47.6 Å². The Hall–Kier alpha value is -1.76. The van der Waals surface area contributed by atoms with Crippen LogP contribution in [0.25, 0.3) is 0 Å². The third kappa shape index (κ3) is 3.66.